The van der Waals surface area contributed by atoms with Crippen molar-refractivity contribution >= 4 is 11.6 Å². The number of nitrogens with one attached hydrogen (secondary N) is 1. The molecule has 12 heavy (non-hydrogen) atoms. The fraction of sp³-hybridized carbons (Fsp3) is 0.125. The Morgan fingerprint density at radius 2 is 2.00 bits per heavy atom. The highest BCUT2D eigenvalue weighted by Crippen LogP contribution is 2.12. The molecule has 0 aliphatic heterocycles. The van der Waals surface area contributed by atoms with Crippen LogP contribution < -0.4 is 11.1 Å². The lowest BCUT2D eigenvalue weighted by Crippen LogP contribution is -2.21. The van der Waals surface area contributed by atoms with E-state index in [1.165, 1.54) is 0 Å². The summed E-state index contributed by atoms with van der Waals surface area (Å²) in [5, 5.41) is 11.8. The molecule has 0 atom stereocenters. The number of benzene rings is 1. The topological polar surface area (TPSA) is 70.6 Å². The SMILES string of the molecule is CN=C(N)Nc1ccc(O)cc1. The lowest BCUT2D eigenvalue weighted by Gasteiger charge is -2.03. The van der Waals surface area contributed by atoms with Crippen LogP contribution in [0.5, 0.6) is 5.75 Å². The van der Waals surface area contributed by atoms with E-state index in [0.717, 1.165) is 5.69 Å². The minimum Gasteiger partial charge on any atom is -0.508 e. The zero-order valence-corrected chi connectivity index (χ0v) is 6.78. The van der Waals surface area contributed by atoms with Crippen LogP contribution in [0.4, 0.5) is 5.69 Å². The number of guanidine groups is 1. The van der Waals surface area contributed by atoms with Crippen LogP contribution >= 0.6 is 0 Å². The molecule has 4 nitrogen and oxygen atoms in total. The minimum atomic E-state index is 0.229. The molecule has 0 aromatic heterocycles. The number of nitrogens with zero attached hydrogens (tertiary/aromatic N) is 1. The molecule has 0 aliphatic carbocycles. The summed E-state index contributed by atoms with van der Waals surface area (Å²) >= 11 is 0. The normalized spacial score (nSPS) is 11.2. The molecule has 0 fully saturated rings. The first kappa shape index (κ1) is 8.39. The summed E-state index contributed by atoms with van der Waals surface area (Å²) in [7, 11) is 1.60. The smallest absolute Gasteiger partial charge is 0.192 e. The van der Waals surface area contributed by atoms with Crippen LogP contribution in [0.25, 0.3) is 0 Å². The number of hydrogen-bond donors (Lipinski definition) is 3. The molecule has 64 valence electrons. The standard InChI is InChI=1S/C8H11N3O/c1-10-8(9)11-6-2-4-7(12)5-3-6/h2-5,12H,1H3,(H3,9,10,11). The van der Waals surface area contributed by atoms with E-state index >= 15 is 0 Å². The third kappa shape index (κ3) is 2.16. The molecule has 0 saturated carbocycles. The van der Waals surface area contributed by atoms with Crippen LogP contribution in [-0.2, 0) is 0 Å². The van der Waals surface area contributed by atoms with Crippen molar-refractivity contribution in [3.05, 3.63) is 24.3 Å². The van der Waals surface area contributed by atoms with Gasteiger partial charge in [-0.15, -0.1) is 0 Å². The first-order valence-corrected chi connectivity index (χ1v) is 3.50. The van der Waals surface area contributed by atoms with E-state index in [-0.39, 0.29) is 5.75 Å². The van der Waals surface area contributed by atoms with Gasteiger partial charge in [0.05, 0.1) is 0 Å². The fourth-order valence-electron chi connectivity index (χ4n) is 0.749. The van der Waals surface area contributed by atoms with Crippen LogP contribution in [0.2, 0.25) is 0 Å². The number of hydrogen-bond acceptors (Lipinski definition) is 2. The van der Waals surface area contributed by atoms with Crippen LogP contribution in [0.15, 0.2) is 29.3 Å². The van der Waals surface area contributed by atoms with Crippen molar-refractivity contribution in [3.63, 3.8) is 0 Å². The Bertz CT molecular complexity index is 279. The van der Waals surface area contributed by atoms with Crippen molar-refractivity contribution in [1.82, 2.24) is 0 Å². The molecule has 1 aromatic carbocycles. The monoisotopic (exact) mass is 165 g/mol. The van der Waals surface area contributed by atoms with Gasteiger partial charge in [-0.05, 0) is 24.3 Å². The first-order valence-electron chi connectivity index (χ1n) is 3.50. The van der Waals surface area contributed by atoms with Crippen molar-refractivity contribution in [2.24, 2.45) is 10.7 Å². The van der Waals surface area contributed by atoms with Gasteiger partial charge in [0.15, 0.2) is 5.96 Å². The molecule has 0 saturated heterocycles. The lowest BCUT2D eigenvalue weighted by molar-refractivity contribution is 0.475. The summed E-state index contributed by atoms with van der Waals surface area (Å²) in [6.45, 7) is 0. The highest BCUT2D eigenvalue weighted by Gasteiger charge is 1.92. The van der Waals surface area contributed by atoms with Crippen LogP contribution in [0.1, 0.15) is 0 Å². The van der Waals surface area contributed by atoms with Gasteiger partial charge in [-0.3, -0.25) is 4.99 Å². The van der Waals surface area contributed by atoms with Gasteiger partial charge in [-0.25, -0.2) is 0 Å². The maximum Gasteiger partial charge on any atom is 0.192 e. The van der Waals surface area contributed by atoms with E-state index < -0.39 is 0 Å². The summed E-state index contributed by atoms with van der Waals surface area (Å²) in [4.78, 5) is 3.73. The van der Waals surface area contributed by atoms with Gasteiger partial charge in [0.25, 0.3) is 0 Å². The number of rotatable bonds is 1. The van der Waals surface area contributed by atoms with Gasteiger partial charge >= 0.3 is 0 Å². The largest absolute Gasteiger partial charge is 0.508 e. The second kappa shape index (κ2) is 3.61. The van der Waals surface area contributed by atoms with E-state index in [1.807, 2.05) is 0 Å². The van der Waals surface area contributed by atoms with Crippen LogP contribution in [0.3, 0.4) is 0 Å². The Kier molecular flexibility index (Phi) is 2.53. The number of aromatic hydroxyl groups is 1. The van der Waals surface area contributed by atoms with Gasteiger partial charge in [-0.2, -0.15) is 0 Å². The zero-order valence-electron chi connectivity index (χ0n) is 6.78. The summed E-state index contributed by atoms with van der Waals surface area (Å²) in [6, 6.07) is 6.58. The molecule has 1 aromatic rings. The predicted molar refractivity (Wildman–Crippen MR) is 49.3 cm³/mol. The Hall–Kier alpha value is -1.71. The number of aliphatic imine (C=N–C) groups is 1. The maximum absolute atomic E-state index is 8.96. The van der Waals surface area contributed by atoms with Crippen molar-refractivity contribution in [3.8, 4) is 5.75 Å². The molecule has 0 spiro atoms. The highest BCUT2D eigenvalue weighted by molar-refractivity contribution is 5.92. The second-order valence-electron chi connectivity index (χ2n) is 2.28. The molecule has 0 amide bonds. The fourth-order valence-corrected chi connectivity index (χ4v) is 0.749. The van der Waals surface area contributed by atoms with E-state index in [9.17, 15) is 0 Å². The molecule has 0 bridgehead atoms. The van der Waals surface area contributed by atoms with Gasteiger partial charge in [0.1, 0.15) is 5.75 Å². The Morgan fingerprint density at radius 3 is 2.50 bits per heavy atom. The van der Waals surface area contributed by atoms with E-state index in [2.05, 4.69) is 10.3 Å². The first-order chi connectivity index (χ1) is 5.72. The summed E-state index contributed by atoms with van der Waals surface area (Å²) in [5.74, 6) is 0.577. The van der Waals surface area contributed by atoms with Gasteiger partial charge in [0, 0.05) is 12.7 Å². The summed E-state index contributed by atoms with van der Waals surface area (Å²) in [6.07, 6.45) is 0. The Labute approximate surface area is 70.7 Å². The number of nitrogens with two attached hydrogens (primary N) is 1. The van der Waals surface area contributed by atoms with Crippen molar-refractivity contribution < 1.29 is 5.11 Å². The third-order valence-electron chi connectivity index (χ3n) is 1.38. The Morgan fingerprint density at radius 1 is 1.42 bits per heavy atom. The second-order valence-corrected chi connectivity index (χ2v) is 2.28. The zero-order chi connectivity index (χ0) is 8.97. The minimum absolute atomic E-state index is 0.229. The molecular weight excluding hydrogens is 154 g/mol. The summed E-state index contributed by atoms with van der Waals surface area (Å²) in [5.41, 5.74) is 6.22. The van der Waals surface area contributed by atoms with Gasteiger partial charge in [-0.1, -0.05) is 0 Å². The molecule has 0 unspecified atom stereocenters. The lowest BCUT2D eigenvalue weighted by atomic mass is 10.3. The molecule has 1 rings (SSSR count). The van der Waals surface area contributed by atoms with E-state index in [1.54, 1.807) is 31.3 Å². The van der Waals surface area contributed by atoms with Crippen LogP contribution in [0, 0.1) is 0 Å². The third-order valence-corrected chi connectivity index (χ3v) is 1.38. The van der Waals surface area contributed by atoms with Crippen molar-refractivity contribution in [2.45, 2.75) is 0 Å². The molecule has 0 heterocycles. The number of phenolic OH excluding ortho intramolecular Hbond substituents is 1. The average molecular weight is 165 g/mol. The predicted octanol–water partition coefficient (Wildman–Crippen LogP) is 0.749. The van der Waals surface area contributed by atoms with Crippen molar-refractivity contribution in [1.29, 1.82) is 0 Å². The number of phenols is 1. The molecule has 0 radical (unpaired) electrons. The highest BCUT2D eigenvalue weighted by atomic mass is 16.3. The van der Waals surface area contributed by atoms with Crippen molar-refractivity contribution in [2.75, 3.05) is 12.4 Å². The van der Waals surface area contributed by atoms with E-state index in [0.29, 0.717) is 5.96 Å². The van der Waals surface area contributed by atoms with Crippen LogP contribution in [-0.4, -0.2) is 18.1 Å². The van der Waals surface area contributed by atoms with Gasteiger partial charge < -0.3 is 16.2 Å². The van der Waals surface area contributed by atoms with Gasteiger partial charge in [0.2, 0.25) is 0 Å². The number of anilines is 1. The molecular formula is C8H11N3O. The Balaban J connectivity index is 2.71. The maximum atomic E-state index is 8.96. The molecule has 4 heteroatoms. The summed E-state index contributed by atoms with van der Waals surface area (Å²) < 4.78 is 0. The quantitative estimate of drug-likeness (QED) is 0.326. The average Bonchev–Trinajstić information content (AvgIpc) is 2.09. The van der Waals surface area contributed by atoms with E-state index in [4.69, 9.17) is 10.8 Å². The molecule has 4 N–H and O–H groups in total. The molecule has 0 aliphatic rings.